The maximum atomic E-state index is 11.7. The van der Waals surface area contributed by atoms with Gasteiger partial charge in [0, 0.05) is 19.0 Å². The Balaban J connectivity index is 2.14. The van der Waals surface area contributed by atoms with Crippen LogP contribution in [0.15, 0.2) is 0 Å². The minimum Gasteiger partial charge on any atom is -0.356 e. The summed E-state index contributed by atoms with van der Waals surface area (Å²) in [6.45, 7) is 5.26. The Hall–Kier alpha value is -0.570. The first-order valence-corrected chi connectivity index (χ1v) is 7.14. The van der Waals surface area contributed by atoms with Gasteiger partial charge in [-0.15, -0.1) is 0 Å². The van der Waals surface area contributed by atoms with E-state index in [1.165, 1.54) is 25.7 Å². The van der Waals surface area contributed by atoms with Crippen LogP contribution in [0.3, 0.4) is 0 Å². The van der Waals surface area contributed by atoms with Gasteiger partial charge in [-0.1, -0.05) is 33.1 Å². The van der Waals surface area contributed by atoms with Gasteiger partial charge < -0.3 is 11.1 Å². The molecule has 100 valence electrons. The normalized spacial score (nSPS) is 26.5. The summed E-state index contributed by atoms with van der Waals surface area (Å²) in [5.74, 6) is 1.64. The fourth-order valence-electron chi connectivity index (χ4n) is 2.79. The number of amides is 1. The lowest BCUT2D eigenvalue weighted by molar-refractivity contribution is -0.121. The fourth-order valence-corrected chi connectivity index (χ4v) is 2.79. The van der Waals surface area contributed by atoms with Crippen molar-refractivity contribution in [1.29, 1.82) is 0 Å². The van der Waals surface area contributed by atoms with Crippen LogP contribution in [0.5, 0.6) is 0 Å². The lowest BCUT2D eigenvalue weighted by atomic mass is 9.82. The summed E-state index contributed by atoms with van der Waals surface area (Å²) in [6, 6.07) is 0.0327. The van der Waals surface area contributed by atoms with Crippen molar-refractivity contribution in [2.24, 2.45) is 17.6 Å². The van der Waals surface area contributed by atoms with E-state index in [0.29, 0.717) is 12.3 Å². The van der Waals surface area contributed by atoms with Crippen molar-refractivity contribution in [3.05, 3.63) is 0 Å². The van der Waals surface area contributed by atoms with Crippen LogP contribution in [0.2, 0.25) is 0 Å². The fraction of sp³-hybridized carbons (Fsp3) is 0.929. The molecule has 3 atom stereocenters. The van der Waals surface area contributed by atoms with Gasteiger partial charge in [0.1, 0.15) is 0 Å². The van der Waals surface area contributed by atoms with E-state index in [2.05, 4.69) is 19.2 Å². The summed E-state index contributed by atoms with van der Waals surface area (Å²) in [5, 5.41) is 3.04. The molecule has 0 aromatic rings. The molecular formula is C14H28N2O. The molecule has 1 fully saturated rings. The lowest BCUT2D eigenvalue weighted by Gasteiger charge is -2.26. The first-order chi connectivity index (χ1) is 8.11. The summed E-state index contributed by atoms with van der Waals surface area (Å²) < 4.78 is 0. The molecule has 0 aromatic heterocycles. The Labute approximate surface area is 106 Å². The Bertz CT molecular complexity index is 230. The van der Waals surface area contributed by atoms with Gasteiger partial charge in [0.2, 0.25) is 5.91 Å². The van der Waals surface area contributed by atoms with E-state index in [-0.39, 0.29) is 11.9 Å². The van der Waals surface area contributed by atoms with Crippen LogP contribution in [-0.4, -0.2) is 18.5 Å². The minimum absolute atomic E-state index is 0.0327. The zero-order valence-corrected chi connectivity index (χ0v) is 11.4. The maximum Gasteiger partial charge on any atom is 0.221 e. The second-order valence-corrected chi connectivity index (χ2v) is 5.69. The number of hydrogen-bond donors (Lipinski definition) is 2. The number of carbonyl (C=O) groups is 1. The first-order valence-electron chi connectivity index (χ1n) is 7.14. The highest BCUT2D eigenvalue weighted by Gasteiger charge is 2.19. The summed E-state index contributed by atoms with van der Waals surface area (Å²) in [4.78, 5) is 11.7. The highest BCUT2D eigenvalue weighted by Crippen LogP contribution is 2.27. The molecule has 3 heteroatoms. The molecule has 1 saturated carbocycles. The molecule has 0 aromatic carbocycles. The van der Waals surface area contributed by atoms with Crippen molar-refractivity contribution in [3.8, 4) is 0 Å². The van der Waals surface area contributed by atoms with Gasteiger partial charge in [-0.3, -0.25) is 4.79 Å². The zero-order valence-electron chi connectivity index (χ0n) is 11.4. The smallest absolute Gasteiger partial charge is 0.221 e. The van der Waals surface area contributed by atoms with E-state index in [0.717, 1.165) is 25.3 Å². The number of hydrogen-bond acceptors (Lipinski definition) is 2. The lowest BCUT2D eigenvalue weighted by Crippen LogP contribution is -2.35. The third-order valence-electron chi connectivity index (χ3n) is 3.74. The Morgan fingerprint density at radius 3 is 2.88 bits per heavy atom. The predicted octanol–water partition coefficient (Wildman–Crippen LogP) is 2.45. The van der Waals surface area contributed by atoms with E-state index in [9.17, 15) is 4.79 Å². The molecule has 1 aliphatic rings. The van der Waals surface area contributed by atoms with Crippen LogP contribution in [0, 0.1) is 11.8 Å². The Morgan fingerprint density at radius 2 is 2.24 bits per heavy atom. The first kappa shape index (κ1) is 14.5. The maximum absolute atomic E-state index is 11.7. The topological polar surface area (TPSA) is 55.1 Å². The van der Waals surface area contributed by atoms with Crippen LogP contribution in [-0.2, 0) is 4.79 Å². The van der Waals surface area contributed by atoms with Crippen LogP contribution in [0.4, 0.5) is 0 Å². The van der Waals surface area contributed by atoms with E-state index >= 15 is 0 Å². The highest BCUT2D eigenvalue weighted by atomic mass is 16.1. The van der Waals surface area contributed by atoms with Gasteiger partial charge in [0.15, 0.2) is 0 Å². The van der Waals surface area contributed by atoms with Crippen LogP contribution in [0.25, 0.3) is 0 Å². The van der Waals surface area contributed by atoms with Gasteiger partial charge >= 0.3 is 0 Å². The molecule has 17 heavy (non-hydrogen) atoms. The summed E-state index contributed by atoms with van der Waals surface area (Å²) in [5.41, 5.74) is 5.86. The molecule has 0 heterocycles. The average Bonchev–Trinajstić information content (AvgIpc) is 2.27. The highest BCUT2D eigenvalue weighted by molar-refractivity contribution is 5.76. The van der Waals surface area contributed by atoms with Crippen molar-refractivity contribution in [2.75, 3.05) is 6.54 Å². The molecule has 1 amide bonds. The molecule has 0 spiro atoms. The summed E-state index contributed by atoms with van der Waals surface area (Å²) >= 11 is 0. The molecule has 0 radical (unpaired) electrons. The zero-order chi connectivity index (χ0) is 12.7. The molecule has 3 unspecified atom stereocenters. The third kappa shape index (κ3) is 6.06. The molecular weight excluding hydrogens is 212 g/mol. The molecule has 3 nitrogen and oxygen atoms in total. The van der Waals surface area contributed by atoms with E-state index in [1.54, 1.807) is 0 Å². The summed E-state index contributed by atoms with van der Waals surface area (Å²) in [6.07, 6.45) is 7.67. The van der Waals surface area contributed by atoms with Gasteiger partial charge in [0.25, 0.3) is 0 Å². The van der Waals surface area contributed by atoms with Gasteiger partial charge in [-0.2, -0.15) is 0 Å². The van der Waals surface area contributed by atoms with Gasteiger partial charge in [0.05, 0.1) is 0 Å². The van der Waals surface area contributed by atoms with Crippen LogP contribution < -0.4 is 11.1 Å². The SMILES string of the molecule is CCCC(N)CC(=O)NCC1CCCC(C)C1. The van der Waals surface area contributed by atoms with Crippen molar-refractivity contribution in [2.45, 2.75) is 64.8 Å². The Morgan fingerprint density at radius 1 is 1.47 bits per heavy atom. The third-order valence-corrected chi connectivity index (χ3v) is 3.74. The average molecular weight is 240 g/mol. The van der Waals surface area contributed by atoms with Crippen molar-refractivity contribution in [1.82, 2.24) is 5.32 Å². The number of nitrogens with two attached hydrogens (primary N) is 1. The van der Waals surface area contributed by atoms with E-state index in [4.69, 9.17) is 5.73 Å². The number of nitrogens with one attached hydrogen (secondary N) is 1. The molecule has 1 aliphatic carbocycles. The largest absolute Gasteiger partial charge is 0.356 e. The monoisotopic (exact) mass is 240 g/mol. The molecule has 1 rings (SSSR count). The van der Waals surface area contributed by atoms with Crippen molar-refractivity contribution < 1.29 is 4.79 Å². The van der Waals surface area contributed by atoms with Gasteiger partial charge in [-0.05, 0) is 31.1 Å². The second kappa shape index (κ2) is 7.70. The molecule has 0 saturated heterocycles. The van der Waals surface area contributed by atoms with Crippen LogP contribution in [0.1, 0.15) is 58.8 Å². The van der Waals surface area contributed by atoms with Crippen molar-refractivity contribution >= 4 is 5.91 Å². The number of rotatable bonds is 6. The molecule has 3 N–H and O–H groups in total. The number of carbonyl (C=O) groups excluding carboxylic acids is 1. The van der Waals surface area contributed by atoms with Crippen LogP contribution >= 0.6 is 0 Å². The summed E-state index contributed by atoms with van der Waals surface area (Å²) in [7, 11) is 0. The second-order valence-electron chi connectivity index (χ2n) is 5.69. The quantitative estimate of drug-likeness (QED) is 0.749. The van der Waals surface area contributed by atoms with E-state index < -0.39 is 0 Å². The van der Waals surface area contributed by atoms with Crippen molar-refractivity contribution in [3.63, 3.8) is 0 Å². The molecule has 0 aliphatic heterocycles. The molecule has 0 bridgehead atoms. The van der Waals surface area contributed by atoms with Gasteiger partial charge in [-0.25, -0.2) is 0 Å². The standard InChI is InChI=1S/C14H28N2O/c1-3-5-13(15)9-14(17)16-10-12-7-4-6-11(2)8-12/h11-13H,3-10,15H2,1-2H3,(H,16,17). The van der Waals surface area contributed by atoms with E-state index in [1.807, 2.05) is 0 Å². The minimum atomic E-state index is 0.0327. The predicted molar refractivity (Wildman–Crippen MR) is 71.6 cm³/mol. The Kier molecular flexibility index (Phi) is 6.56.